The third-order valence-corrected chi connectivity index (χ3v) is 6.33. The highest BCUT2D eigenvalue weighted by molar-refractivity contribution is 6.09. The summed E-state index contributed by atoms with van der Waals surface area (Å²) in [5, 5.41) is 4.64. The molecule has 5 rings (SSSR count). The molecule has 186 valence electrons. The number of rotatable bonds is 4. The third kappa shape index (κ3) is 4.58. The van der Waals surface area contributed by atoms with Crippen molar-refractivity contribution < 1.29 is 18.0 Å². The Hall–Kier alpha value is -4.46. The number of amides is 1. The van der Waals surface area contributed by atoms with Gasteiger partial charge in [0.05, 0.1) is 22.8 Å². The van der Waals surface area contributed by atoms with Crippen LogP contribution >= 0.6 is 0 Å². The van der Waals surface area contributed by atoms with Gasteiger partial charge in [-0.2, -0.15) is 13.2 Å². The van der Waals surface area contributed by atoms with Crippen LogP contribution in [0, 0.1) is 6.92 Å². The molecule has 37 heavy (non-hydrogen) atoms. The lowest BCUT2D eigenvalue weighted by atomic mass is 10.0. The van der Waals surface area contributed by atoms with Crippen LogP contribution in [0.4, 0.5) is 13.2 Å². The van der Waals surface area contributed by atoms with Gasteiger partial charge in [-0.05, 0) is 79.9 Å². The summed E-state index contributed by atoms with van der Waals surface area (Å²) in [5.74, 6) is -0.312. The zero-order valence-corrected chi connectivity index (χ0v) is 20.0. The van der Waals surface area contributed by atoms with Gasteiger partial charge >= 0.3 is 6.18 Å². The van der Waals surface area contributed by atoms with E-state index in [-0.39, 0.29) is 17.5 Å². The predicted molar refractivity (Wildman–Crippen MR) is 137 cm³/mol. The lowest BCUT2D eigenvalue weighted by Crippen LogP contribution is -2.27. The highest BCUT2D eigenvalue weighted by Crippen LogP contribution is 2.31. The van der Waals surface area contributed by atoms with Crippen molar-refractivity contribution in [2.75, 3.05) is 0 Å². The Labute approximate surface area is 210 Å². The highest BCUT2D eigenvalue weighted by atomic mass is 19.4. The molecule has 0 spiro atoms. The first kappa shape index (κ1) is 24.2. The van der Waals surface area contributed by atoms with Gasteiger partial charge in [-0.3, -0.25) is 19.1 Å². The molecule has 0 unspecified atom stereocenters. The average molecular weight is 502 g/mol. The van der Waals surface area contributed by atoms with Gasteiger partial charge < -0.3 is 5.32 Å². The summed E-state index contributed by atoms with van der Waals surface area (Å²) in [6.07, 6.45) is -2.83. The minimum absolute atomic E-state index is 0.298. The minimum atomic E-state index is -4.48. The Morgan fingerprint density at radius 1 is 0.919 bits per heavy atom. The number of nitrogens with zero attached hydrogens (tertiary/aromatic N) is 2. The summed E-state index contributed by atoms with van der Waals surface area (Å²) in [7, 11) is 0. The molecule has 8 heteroatoms. The van der Waals surface area contributed by atoms with Gasteiger partial charge in [0.15, 0.2) is 0 Å². The normalized spacial score (nSPS) is 12.6. The summed E-state index contributed by atoms with van der Waals surface area (Å²) in [6, 6.07) is 19.9. The molecule has 3 aromatic carbocycles. The number of hydrogen-bond donors (Lipinski definition) is 1. The van der Waals surface area contributed by atoms with Crippen molar-refractivity contribution in [3.05, 3.63) is 118 Å². The maximum absolute atomic E-state index is 13.5. The molecule has 5 nitrogen and oxygen atoms in total. The summed E-state index contributed by atoms with van der Waals surface area (Å²) in [4.78, 5) is 30.9. The largest absolute Gasteiger partial charge is 0.416 e. The molecule has 1 atom stereocenters. The van der Waals surface area contributed by atoms with Gasteiger partial charge in [-0.15, -0.1) is 0 Å². The zero-order chi connectivity index (χ0) is 26.3. The van der Waals surface area contributed by atoms with E-state index in [4.69, 9.17) is 0 Å². The number of aryl methyl sites for hydroxylation is 1. The Bertz CT molecular complexity index is 1690. The van der Waals surface area contributed by atoms with Gasteiger partial charge in [-0.25, -0.2) is 0 Å². The summed E-state index contributed by atoms with van der Waals surface area (Å²) >= 11 is 0. The number of carbonyl (C=O) groups excluding carboxylic acids is 1. The molecular weight excluding hydrogens is 479 g/mol. The number of aromatic nitrogens is 2. The number of alkyl halides is 3. The van der Waals surface area contributed by atoms with Crippen molar-refractivity contribution in [1.82, 2.24) is 14.9 Å². The standard InChI is InChI=1S/C29H22F3N3O2/c1-17-6-12-22-23(15-17)24-16-19(27(36)34-18(2)25-5-3-4-14-33-25)7-13-26(24)35(28(22)37)21-10-8-20(9-11-21)29(30,31)32/h3-16,18H,1-2H3,(H,34,36)/t18-/m0/s1. The zero-order valence-electron chi connectivity index (χ0n) is 20.0. The van der Waals surface area contributed by atoms with Gasteiger partial charge in [-0.1, -0.05) is 23.8 Å². The molecule has 0 aliphatic rings. The maximum Gasteiger partial charge on any atom is 0.416 e. The number of fused-ring (bicyclic) bond motifs is 3. The van der Waals surface area contributed by atoms with E-state index in [1.54, 1.807) is 42.6 Å². The second-order valence-corrected chi connectivity index (χ2v) is 8.92. The van der Waals surface area contributed by atoms with Crippen LogP contribution in [-0.4, -0.2) is 15.5 Å². The number of pyridine rings is 2. The van der Waals surface area contributed by atoms with Crippen LogP contribution in [0.15, 0.2) is 89.9 Å². The van der Waals surface area contributed by atoms with Crippen LogP contribution in [0.3, 0.4) is 0 Å². The summed E-state index contributed by atoms with van der Waals surface area (Å²) in [5.41, 5.74) is 1.65. The van der Waals surface area contributed by atoms with Gasteiger partial charge in [0.25, 0.3) is 11.5 Å². The molecule has 0 saturated heterocycles. The van der Waals surface area contributed by atoms with Crippen molar-refractivity contribution in [3.8, 4) is 5.69 Å². The highest BCUT2D eigenvalue weighted by Gasteiger charge is 2.30. The maximum atomic E-state index is 13.5. The number of halogens is 3. The van der Waals surface area contributed by atoms with E-state index >= 15 is 0 Å². The molecule has 1 N–H and O–H groups in total. The minimum Gasteiger partial charge on any atom is -0.344 e. The molecule has 0 radical (unpaired) electrons. The molecule has 0 fully saturated rings. The Morgan fingerprint density at radius 2 is 1.68 bits per heavy atom. The topological polar surface area (TPSA) is 64.0 Å². The molecule has 1 amide bonds. The fourth-order valence-corrected chi connectivity index (χ4v) is 4.43. The molecule has 0 aliphatic carbocycles. The van der Waals surface area contributed by atoms with Gasteiger partial charge in [0.1, 0.15) is 0 Å². The van der Waals surface area contributed by atoms with Crippen LogP contribution < -0.4 is 10.9 Å². The van der Waals surface area contributed by atoms with Crippen LogP contribution in [0.2, 0.25) is 0 Å². The smallest absolute Gasteiger partial charge is 0.344 e. The van der Waals surface area contributed by atoms with Crippen molar-refractivity contribution in [1.29, 1.82) is 0 Å². The van der Waals surface area contributed by atoms with Crippen LogP contribution in [0.25, 0.3) is 27.4 Å². The van der Waals surface area contributed by atoms with E-state index in [1.165, 1.54) is 16.7 Å². The SMILES string of the molecule is Cc1ccc2c(=O)n(-c3ccc(C(F)(F)F)cc3)c3ccc(C(=O)N[C@@H](C)c4ccccn4)cc3c2c1. The van der Waals surface area contributed by atoms with Gasteiger partial charge in [0, 0.05) is 28.2 Å². The number of carbonyl (C=O) groups is 1. The van der Waals surface area contributed by atoms with E-state index in [1.807, 2.05) is 32.0 Å². The van der Waals surface area contributed by atoms with E-state index in [0.717, 1.165) is 17.7 Å². The Kier molecular flexibility index (Phi) is 6.03. The molecule has 2 heterocycles. The lowest BCUT2D eigenvalue weighted by molar-refractivity contribution is -0.137. The molecule has 0 saturated carbocycles. The predicted octanol–water partition coefficient (Wildman–Crippen LogP) is 6.36. The van der Waals surface area contributed by atoms with Crippen LogP contribution in [0.5, 0.6) is 0 Å². The van der Waals surface area contributed by atoms with Crippen molar-refractivity contribution >= 4 is 27.6 Å². The van der Waals surface area contributed by atoms with E-state index in [0.29, 0.717) is 38.6 Å². The van der Waals surface area contributed by atoms with Gasteiger partial charge in [0.2, 0.25) is 0 Å². The molecular formula is C29H22F3N3O2. The molecule has 2 aromatic heterocycles. The summed E-state index contributed by atoms with van der Waals surface area (Å²) < 4.78 is 40.7. The second-order valence-electron chi connectivity index (χ2n) is 8.92. The monoisotopic (exact) mass is 501 g/mol. The second kappa shape index (κ2) is 9.20. The number of nitrogens with one attached hydrogen (secondary N) is 1. The van der Waals surface area contributed by atoms with Crippen LogP contribution in [0.1, 0.15) is 40.1 Å². The lowest BCUT2D eigenvalue weighted by Gasteiger charge is -2.17. The van der Waals surface area contributed by atoms with Crippen molar-refractivity contribution in [3.63, 3.8) is 0 Å². The van der Waals surface area contributed by atoms with Crippen molar-refractivity contribution in [2.45, 2.75) is 26.1 Å². The molecule has 0 bridgehead atoms. The Morgan fingerprint density at radius 3 is 2.35 bits per heavy atom. The quantitative estimate of drug-likeness (QED) is 0.292. The van der Waals surface area contributed by atoms with E-state index in [9.17, 15) is 22.8 Å². The fraction of sp³-hybridized carbons (Fsp3) is 0.138. The fourth-order valence-electron chi connectivity index (χ4n) is 4.43. The average Bonchev–Trinajstić information content (AvgIpc) is 2.88. The van der Waals surface area contributed by atoms with E-state index < -0.39 is 11.7 Å². The number of hydrogen-bond acceptors (Lipinski definition) is 3. The Balaban J connectivity index is 1.66. The molecule has 5 aromatic rings. The first-order chi connectivity index (χ1) is 17.6. The van der Waals surface area contributed by atoms with Crippen LogP contribution in [-0.2, 0) is 6.18 Å². The number of benzene rings is 3. The van der Waals surface area contributed by atoms with Crippen molar-refractivity contribution in [2.24, 2.45) is 0 Å². The first-order valence-electron chi connectivity index (χ1n) is 11.6. The van der Waals surface area contributed by atoms with E-state index in [2.05, 4.69) is 10.3 Å². The first-order valence-corrected chi connectivity index (χ1v) is 11.6. The molecule has 0 aliphatic heterocycles. The third-order valence-electron chi connectivity index (χ3n) is 6.33. The summed E-state index contributed by atoms with van der Waals surface area (Å²) in [6.45, 7) is 3.74.